The average Bonchev–Trinajstić information content (AvgIpc) is 3.87. The van der Waals surface area contributed by atoms with E-state index in [1.165, 1.54) is 71.6 Å². The predicted molar refractivity (Wildman–Crippen MR) is 283 cm³/mol. The molecular formula is C65H45NO. The summed E-state index contributed by atoms with van der Waals surface area (Å²) in [6, 6.07) is 86.3. The van der Waals surface area contributed by atoms with Crippen LogP contribution in [0.4, 0.5) is 17.1 Å². The lowest BCUT2D eigenvalue weighted by atomic mass is 9.79. The lowest BCUT2D eigenvalue weighted by Gasteiger charge is -2.28. The number of anilines is 3. The SMILES string of the molecule is CC1(C)c2ccccc2-c2cccc(-c3ccc(N(c4ccc(-c5cccc(-c6cccc7ccccc67)c5)cc4)c4ccccc4-c4cccc5c4oc4cc6ccccc6cc45)cc3)c21. The molecule has 316 valence electrons. The zero-order chi connectivity index (χ0) is 44.6. The van der Waals surface area contributed by atoms with Gasteiger partial charge in [0.05, 0.1) is 5.69 Å². The molecule has 12 aromatic rings. The highest BCUT2D eigenvalue weighted by Gasteiger charge is 2.37. The van der Waals surface area contributed by atoms with Crippen LogP contribution in [-0.2, 0) is 5.41 Å². The van der Waals surface area contributed by atoms with Gasteiger partial charge in [0.15, 0.2) is 0 Å². The first-order chi connectivity index (χ1) is 33.0. The van der Waals surface area contributed by atoms with E-state index in [9.17, 15) is 0 Å². The fourth-order valence-electron chi connectivity index (χ4n) is 11.0. The van der Waals surface area contributed by atoms with Gasteiger partial charge in [-0.3, -0.25) is 0 Å². The van der Waals surface area contributed by atoms with Gasteiger partial charge >= 0.3 is 0 Å². The summed E-state index contributed by atoms with van der Waals surface area (Å²) in [5.74, 6) is 0. The second kappa shape index (κ2) is 15.3. The molecule has 11 aromatic carbocycles. The van der Waals surface area contributed by atoms with E-state index >= 15 is 0 Å². The number of rotatable bonds is 7. The Labute approximate surface area is 390 Å². The summed E-state index contributed by atoms with van der Waals surface area (Å²) in [5.41, 5.74) is 19.7. The molecule has 0 radical (unpaired) electrons. The second-order valence-electron chi connectivity index (χ2n) is 18.4. The van der Waals surface area contributed by atoms with Crippen LogP contribution in [0.25, 0.3) is 99.1 Å². The largest absolute Gasteiger partial charge is 0.455 e. The van der Waals surface area contributed by atoms with E-state index in [1.54, 1.807) is 0 Å². The number of fused-ring (bicyclic) bond motifs is 8. The van der Waals surface area contributed by atoms with Crippen molar-refractivity contribution in [2.45, 2.75) is 19.3 Å². The predicted octanol–water partition coefficient (Wildman–Crippen LogP) is 18.3. The number of benzene rings is 11. The lowest BCUT2D eigenvalue weighted by Crippen LogP contribution is -2.16. The summed E-state index contributed by atoms with van der Waals surface area (Å²) >= 11 is 0. The summed E-state index contributed by atoms with van der Waals surface area (Å²) in [4.78, 5) is 2.40. The molecule has 67 heavy (non-hydrogen) atoms. The minimum absolute atomic E-state index is 0.118. The van der Waals surface area contributed by atoms with Gasteiger partial charge in [0.1, 0.15) is 11.2 Å². The van der Waals surface area contributed by atoms with E-state index < -0.39 is 0 Å². The van der Waals surface area contributed by atoms with Crippen LogP contribution in [0.5, 0.6) is 0 Å². The van der Waals surface area contributed by atoms with E-state index in [1.807, 2.05) is 0 Å². The van der Waals surface area contributed by atoms with Crippen molar-refractivity contribution in [3.05, 3.63) is 248 Å². The molecule has 0 amide bonds. The molecule has 0 saturated carbocycles. The zero-order valence-electron chi connectivity index (χ0n) is 37.4. The van der Waals surface area contributed by atoms with Crippen molar-refractivity contribution in [2.75, 3.05) is 4.90 Å². The quantitative estimate of drug-likeness (QED) is 0.159. The third-order valence-electron chi connectivity index (χ3n) is 14.2. The molecule has 0 unspecified atom stereocenters. The van der Waals surface area contributed by atoms with Gasteiger partial charge in [-0.1, -0.05) is 202 Å². The molecule has 0 fully saturated rings. The van der Waals surface area contributed by atoms with Crippen molar-refractivity contribution >= 4 is 60.5 Å². The first kappa shape index (κ1) is 39.0. The Balaban J connectivity index is 0.946. The molecule has 0 atom stereocenters. The van der Waals surface area contributed by atoms with Crippen LogP contribution in [0, 0.1) is 0 Å². The molecular weight excluding hydrogens is 811 g/mol. The van der Waals surface area contributed by atoms with Gasteiger partial charge in [-0.15, -0.1) is 0 Å². The van der Waals surface area contributed by atoms with Gasteiger partial charge in [0, 0.05) is 38.7 Å². The maximum atomic E-state index is 6.85. The molecule has 1 heterocycles. The van der Waals surface area contributed by atoms with E-state index in [4.69, 9.17) is 4.42 Å². The summed E-state index contributed by atoms with van der Waals surface area (Å²) in [6.07, 6.45) is 0. The third-order valence-corrected chi connectivity index (χ3v) is 14.2. The number of hydrogen-bond acceptors (Lipinski definition) is 2. The maximum absolute atomic E-state index is 6.85. The van der Waals surface area contributed by atoms with E-state index in [0.29, 0.717) is 0 Å². The third kappa shape index (κ3) is 6.32. The smallest absolute Gasteiger partial charge is 0.143 e. The van der Waals surface area contributed by atoms with Crippen molar-refractivity contribution < 1.29 is 4.42 Å². The lowest BCUT2D eigenvalue weighted by molar-refractivity contribution is 0.662. The van der Waals surface area contributed by atoms with Crippen LogP contribution in [0.2, 0.25) is 0 Å². The Hall–Kier alpha value is -8.46. The standard InChI is InChI=1S/C65H45NO/c1-65(2)60-29-9-7-22-54(60)56-26-13-25-53(63(56)65)44-33-37-50(38-34-44)66(49-35-31-42(32-36-49)45-19-11-20-48(39-45)52-24-12-18-43-15-5-6-21-51(43)52)61-30-10-8-23-55(61)57-27-14-28-58-59-40-46-16-3-4-17-47(46)41-62(59)67-64(57)58/h3-41H,1-2H3. The van der Waals surface area contributed by atoms with Crippen molar-refractivity contribution in [2.24, 2.45) is 0 Å². The molecule has 0 spiro atoms. The average molecular weight is 856 g/mol. The van der Waals surface area contributed by atoms with Gasteiger partial charge < -0.3 is 9.32 Å². The second-order valence-corrected chi connectivity index (χ2v) is 18.4. The first-order valence-electron chi connectivity index (χ1n) is 23.2. The number of nitrogens with zero attached hydrogens (tertiary/aromatic N) is 1. The van der Waals surface area contributed by atoms with E-state index in [2.05, 4.69) is 255 Å². The van der Waals surface area contributed by atoms with Crippen molar-refractivity contribution in [3.8, 4) is 55.6 Å². The molecule has 0 bridgehead atoms. The van der Waals surface area contributed by atoms with Gasteiger partial charge in [0.2, 0.25) is 0 Å². The summed E-state index contributed by atoms with van der Waals surface area (Å²) in [7, 11) is 0. The molecule has 0 aliphatic heterocycles. The van der Waals surface area contributed by atoms with Crippen molar-refractivity contribution in [3.63, 3.8) is 0 Å². The zero-order valence-corrected chi connectivity index (χ0v) is 37.4. The fraction of sp³-hybridized carbons (Fsp3) is 0.0462. The topological polar surface area (TPSA) is 16.4 Å². The summed E-state index contributed by atoms with van der Waals surface area (Å²) < 4.78 is 6.85. The number of furan rings is 1. The van der Waals surface area contributed by atoms with E-state index in [-0.39, 0.29) is 5.41 Å². The molecule has 1 aliphatic carbocycles. The molecule has 0 N–H and O–H groups in total. The molecule has 13 rings (SSSR count). The summed E-state index contributed by atoms with van der Waals surface area (Å²) in [6.45, 7) is 4.73. The molecule has 1 aromatic heterocycles. The highest BCUT2D eigenvalue weighted by Crippen LogP contribution is 2.52. The van der Waals surface area contributed by atoms with Crippen LogP contribution < -0.4 is 4.90 Å². The van der Waals surface area contributed by atoms with Crippen LogP contribution in [0.3, 0.4) is 0 Å². The monoisotopic (exact) mass is 855 g/mol. The maximum Gasteiger partial charge on any atom is 0.143 e. The van der Waals surface area contributed by atoms with Gasteiger partial charge in [-0.05, 0) is 126 Å². The highest BCUT2D eigenvalue weighted by molar-refractivity contribution is 6.14. The molecule has 2 heteroatoms. The Morgan fingerprint density at radius 3 is 1.72 bits per heavy atom. The Morgan fingerprint density at radius 2 is 0.896 bits per heavy atom. The minimum Gasteiger partial charge on any atom is -0.455 e. The van der Waals surface area contributed by atoms with Crippen molar-refractivity contribution in [1.82, 2.24) is 0 Å². The molecule has 1 aliphatic rings. The van der Waals surface area contributed by atoms with Crippen LogP contribution >= 0.6 is 0 Å². The van der Waals surface area contributed by atoms with Gasteiger partial charge in [-0.25, -0.2) is 0 Å². The fourth-order valence-corrected chi connectivity index (χ4v) is 11.0. The van der Waals surface area contributed by atoms with E-state index in [0.717, 1.165) is 55.7 Å². The number of para-hydroxylation sites is 2. The summed E-state index contributed by atoms with van der Waals surface area (Å²) in [5, 5.41) is 7.11. The van der Waals surface area contributed by atoms with Crippen LogP contribution in [-0.4, -0.2) is 0 Å². The molecule has 0 saturated heterocycles. The number of hydrogen-bond donors (Lipinski definition) is 0. The Bertz CT molecular complexity index is 3890. The van der Waals surface area contributed by atoms with Crippen molar-refractivity contribution in [1.29, 1.82) is 0 Å². The van der Waals surface area contributed by atoms with Gasteiger partial charge in [-0.2, -0.15) is 0 Å². The highest BCUT2D eigenvalue weighted by atomic mass is 16.3. The van der Waals surface area contributed by atoms with Crippen LogP contribution in [0.15, 0.2) is 241 Å². The normalized spacial score (nSPS) is 12.7. The van der Waals surface area contributed by atoms with Gasteiger partial charge in [0.25, 0.3) is 0 Å². The molecule has 2 nitrogen and oxygen atoms in total. The first-order valence-corrected chi connectivity index (χ1v) is 23.2. The van der Waals surface area contributed by atoms with Crippen LogP contribution in [0.1, 0.15) is 25.0 Å². The Kier molecular flexibility index (Phi) is 8.91. The Morgan fingerprint density at radius 1 is 0.343 bits per heavy atom. The minimum atomic E-state index is -0.118.